The van der Waals surface area contributed by atoms with Gasteiger partial charge in [0.05, 0.1) is 20.1 Å². The van der Waals surface area contributed by atoms with Gasteiger partial charge in [-0.25, -0.2) is 0 Å². The van der Waals surface area contributed by atoms with Gasteiger partial charge in [-0.05, 0) is 29.8 Å². The number of fused-ring (bicyclic) bond motifs is 2. The lowest BCUT2D eigenvalue weighted by atomic mass is 9.95. The maximum Gasteiger partial charge on any atom is 0.174 e. The molecule has 9 nitrogen and oxygen atoms in total. The van der Waals surface area contributed by atoms with Crippen LogP contribution in [-0.2, 0) is 0 Å². The first-order valence-corrected chi connectivity index (χ1v) is 10.6. The molecule has 0 bridgehead atoms. The van der Waals surface area contributed by atoms with Crippen molar-refractivity contribution < 1.29 is 44.2 Å². The minimum absolute atomic E-state index is 0.00959. The Balaban J connectivity index is 1.43. The van der Waals surface area contributed by atoms with E-state index in [-0.39, 0.29) is 53.1 Å². The van der Waals surface area contributed by atoms with E-state index in [0.29, 0.717) is 22.6 Å². The molecule has 9 heteroatoms. The number of methoxy groups -OCH3 is 1. The summed E-state index contributed by atoms with van der Waals surface area (Å²) in [5.41, 5.74) is 1.32. The number of carbonyl (C=O) groups is 1. The van der Waals surface area contributed by atoms with E-state index in [1.807, 2.05) is 0 Å². The number of benzene rings is 3. The SMILES string of the molecule is COc1cc([C@H]2Oc3ccc([C@@H]4CC(=O)c5c(O)cc(O)cc5O4)cc3O[C@H]2CO)ccc1O. The highest BCUT2D eigenvalue weighted by molar-refractivity contribution is 6.02. The molecule has 3 aromatic carbocycles. The number of aliphatic hydroxyl groups excluding tert-OH is 1. The van der Waals surface area contributed by atoms with Crippen LogP contribution in [0.3, 0.4) is 0 Å². The molecule has 3 aromatic rings. The quantitative estimate of drug-likeness (QED) is 0.456. The number of ether oxygens (including phenoxy) is 4. The third-order valence-corrected chi connectivity index (χ3v) is 5.91. The van der Waals surface area contributed by atoms with Crippen molar-refractivity contribution in [1.82, 2.24) is 0 Å². The largest absolute Gasteiger partial charge is 0.508 e. The van der Waals surface area contributed by atoms with E-state index in [0.717, 1.165) is 6.07 Å². The molecule has 0 aliphatic carbocycles. The molecule has 0 saturated heterocycles. The van der Waals surface area contributed by atoms with Crippen molar-refractivity contribution in [2.45, 2.75) is 24.7 Å². The Bertz CT molecular complexity index is 1270. The van der Waals surface area contributed by atoms with Gasteiger partial charge in [-0.3, -0.25) is 4.79 Å². The lowest BCUT2D eigenvalue weighted by molar-refractivity contribution is -0.0126. The average molecular weight is 466 g/mol. The second-order valence-corrected chi connectivity index (χ2v) is 8.09. The molecule has 0 amide bonds. The predicted octanol–water partition coefficient (Wildman–Crippen LogP) is 3.39. The lowest BCUT2D eigenvalue weighted by Crippen LogP contribution is -2.36. The van der Waals surface area contributed by atoms with Crippen LogP contribution in [0.1, 0.15) is 40.1 Å². The first-order valence-electron chi connectivity index (χ1n) is 10.6. The van der Waals surface area contributed by atoms with E-state index >= 15 is 0 Å². The molecule has 4 N–H and O–H groups in total. The summed E-state index contributed by atoms with van der Waals surface area (Å²) >= 11 is 0. The van der Waals surface area contributed by atoms with Crippen LogP contribution in [0.25, 0.3) is 0 Å². The number of hydrogen-bond donors (Lipinski definition) is 4. The lowest BCUT2D eigenvalue weighted by Gasteiger charge is -2.34. The Labute approximate surface area is 194 Å². The molecule has 0 fully saturated rings. The van der Waals surface area contributed by atoms with Gasteiger partial charge in [-0.15, -0.1) is 0 Å². The first-order chi connectivity index (χ1) is 16.4. The Hall–Kier alpha value is -4.11. The molecule has 0 saturated carbocycles. The summed E-state index contributed by atoms with van der Waals surface area (Å²) in [6, 6.07) is 12.3. The van der Waals surface area contributed by atoms with Crippen LogP contribution in [0.5, 0.6) is 40.2 Å². The standard InChI is InChI=1S/C25H22O9/c1-31-20-7-13(2-4-15(20)28)25-23(11-26)33-21-6-12(3-5-18(21)34-25)19-10-17(30)24-16(29)8-14(27)9-22(24)32-19/h2-9,19,23,25-29H,10-11H2,1H3/t19-,23-,25+/m0/s1. The van der Waals surface area contributed by atoms with Crippen molar-refractivity contribution in [2.75, 3.05) is 13.7 Å². The minimum atomic E-state index is -0.736. The zero-order chi connectivity index (χ0) is 24.0. The smallest absolute Gasteiger partial charge is 0.174 e. The van der Waals surface area contributed by atoms with Crippen LogP contribution in [0.2, 0.25) is 0 Å². The zero-order valence-corrected chi connectivity index (χ0v) is 18.1. The molecule has 0 aromatic heterocycles. The number of phenols is 3. The monoisotopic (exact) mass is 466 g/mol. The molecular weight excluding hydrogens is 444 g/mol. The predicted molar refractivity (Wildman–Crippen MR) is 118 cm³/mol. The molecule has 34 heavy (non-hydrogen) atoms. The fraction of sp³-hybridized carbons (Fsp3) is 0.240. The Morgan fingerprint density at radius 1 is 0.882 bits per heavy atom. The Morgan fingerprint density at radius 3 is 2.44 bits per heavy atom. The highest BCUT2D eigenvalue weighted by Gasteiger charge is 2.35. The number of carbonyl (C=O) groups excluding carboxylic acids is 1. The number of aliphatic hydroxyl groups is 1. The molecule has 2 heterocycles. The third kappa shape index (κ3) is 3.69. The molecule has 0 spiro atoms. The van der Waals surface area contributed by atoms with Gasteiger partial charge in [0.2, 0.25) is 0 Å². The highest BCUT2D eigenvalue weighted by atomic mass is 16.6. The summed E-state index contributed by atoms with van der Waals surface area (Å²) in [6.07, 6.45) is -2.06. The summed E-state index contributed by atoms with van der Waals surface area (Å²) < 4.78 is 23.2. The normalized spacial score (nSPS) is 20.9. The van der Waals surface area contributed by atoms with E-state index < -0.39 is 18.3 Å². The van der Waals surface area contributed by atoms with Gasteiger partial charge >= 0.3 is 0 Å². The van der Waals surface area contributed by atoms with E-state index in [4.69, 9.17) is 18.9 Å². The first kappa shape index (κ1) is 21.7. The molecule has 176 valence electrons. The van der Waals surface area contributed by atoms with Crippen molar-refractivity contribution in [3.8, 4) is 40.2 Å². The second kappa shape index (κ2) is 8.35. The number of rotatable bonds is 4. The molecule has 2 aliphatic rings. The zero-order valence-electron chi connectivity index (χ0n) is 18.1. The van der Waals surface area contributed by atoms with Crippen molar-refractivity contribution in [3.05, 3.63) is 65.2 Å². The minimum Gasteiger partial charge on any atom is -0.508 e. The summed E-state index contributed by atoms with van der Waals surface area (Å²) in [5, 5.41) is 39.6. The molecule has 2 aliphatic heterocycles. The summed E-state index contributed by atoms with van der Waals surface area (Å²) in [7, 11) is 1.44. The van der Waals surface area contributed by atoms with Gasteiger partial charge < -0.3 is 39.4 Å². The van der Waals surface area contributed by atoms with Gasteiger partial charge in [0, 0.05) is 17.7 Å². The highest BCUT2D eigenvalue weighted by Crippen LogP contribution is 2.45. The molecular formula is C25H22O9. The van der Waals surface area contributed by atoms with Crippen LogP contribution in [-0.4, -0.2) is 46.0 Å². The fourth-order valence-corrected chi connectivity index (χ4v) is 4.25. The summed E-state index contributed by atoms with van der Waals surface area (Å²) in [5.74, 6) is 0.311. The topological polar surface area (TPSA) is 135 Å². The van der Waals surface area contributed by atoms with Crippen molar-refractivity contribution >= 4 is 5.78 Å². The van der Waals surface area contributed by atoms with Gasteiger partial charge in [0.15, 0.2) is 41.0 Å². The van der Waals surface area contributed by atoms with Crippen LogP contribution >= 0.6 is 0 Å². The summed E-state index contributed by atoms with van der Waals surface area (Å²) in [4.78, 5) is 12.6. The van der Waals surface area contributed by atoms with Gasteiger partial charge in [0.1, 0.15) is 28.9 Å². The Kier molecular flexibility index (Phi) is 5.33. The van der Waals surface area contributed by atoms with Gasteiger partial charge in [0.25, 0.3) is 0 Å². The maximum absolute atomic E-state index is 12.6. The van der Waals surface area contributed by atoms with Crippen molar-refractivity contribution in [1.29, 1.82) is 0 Å². The molecule has 5 rings (SSSR count). The van der Waals surface area contributed by atoms with Gasteiger partial charge in [-0.2, -0.15) is 0 Å². The van der Waals surface area contributed by atoms with Gasteiger partial charge in [-0.1, -0.05) is 12.1 Å². The Morgan fingerprint density at radius 2 is 1.68 bits per heavy atom. The van der Waals surface area contributed by atoms with E-state index in [1.165, 1.54) is 19.2 Å². The van der Waals surface area contributed by atoms with Crippen LogP contribution < -0.4 is 18.9 Å². The number of Topliss-reactive ketones (excluding diaryl/α,β-unsaturated/α-hetero) is 1. The van der Waals surface area contributed by atoms with Crippen LogP contribution in [0, 0.1) is 0 Å². The molecule has 0 radical (unpaired) electrons. The van der Waals surface area contributed by atoms with Crippen LogP contribution in [0.15, 0.2) is 48.5 Å². The van der Waals surface area contributed by atoms with Crippen molar-refractivity contribution in [2.24, 2.45) is 0 Å². The average Bonchev–Trinajstić information content (AvgIpc) is 2.82. The fourth-order valence-electron chi connectivity index (χ4n) is 4.25. The van der Waals surface area contributed by atoms with E-state index in [9.17, 15) is 25.2 Å². The number of hydrogen-bond acceptors (Lipinski definition) is 9. The number of phenolic OH excluding ortho intramolecular Hbond substituents is 3. The second-order valence-electron chi connectivity index (χ2n) is 8.09. The van der Waals surface area contributed by atoms with Crippen molar-refractivity contribution in [3.63, 3.8) is 0 Å². The number of aromatic hydroxyl groups is 3. The maximum atomic E-state index is 12.6. The van der Waals surface area contributed by atoms with E-state index in [1.54, 1.807) is 30.3 Å². The number of ketones is 1. The molecule has 0 unspecified atom stereocenters. The summed E-state index contributed by atoms with van der Waals surface area (Å²) in [6.45, 7) is -0.331. The van der Waals surface area contributed by atoms with Crippen LogP contribution in [0.4, 0.5) is 0 Å². The molecule has 3 atom stereocenters. The van der Waals surface area contributed by atoms with E-state index in [2.05, 4.69) is 0 Å². The third-order valence-electron chi connectivity index (χ3n) is 5.91.